The number of rotatable bonds is 20. The van der Waals surface area contributed by atoms with Crippen LogP contribution in [0.25, 0.3) is 10.9 Å². The fraction of sp³-hybridized carbons (Fsp3) is 0.756. The van der Waals surface area contributed by atoms with Gasteiger partial charge in [-0.15, -0.1) is 62.0 Å². The lowest BCUT2D eigenvalue weighted by Gasteiger charge is -2.45. The Balaban J connectivity index is 0.00000384. The molecule has 0 spiro atoms. The smallest absolute Gasteiger partial charge is 0.341 e. The summed E-state index contributed by atoms with van der Waals surface area (Å²) in [6.07, 6.45) is 10.8. The molecule has 2 aliphatic carbocycles. The molecule has 21 heteroatoms. The van der Waals surface area contributed by atoms with Gasteiger partial charge in [-0.3, -0.25) is 9.69 Å². The fourth-order valence-corrected chi connectivity index (χ4v) is 8.74. The van der Waals surface area contributed by atoms with Gasteiger partial charge in [0, 0.05) is 69.0 Å². The monoisotopic (exact) mass is 983 g/mol. The van der Waals surface area contributed by atoms with Crippen LogP contribution in [0.15, 0.2) is 23.1 Å². The summed E-state index contributed by atoms with van der Waals surface area (Å²) in [4.78, 5) is 29.0. The second-order valence-corrected chi connectivity index (χ2v) is 16.7. The van der Waals surface area contributed by atoms with E-state index in [1.807, 2.05) is 9.47 Å². The number of unbranched alkanes of at least 4 members (excludes halogenated alkanes) is 9. The normalized spacial score (nSPS) is 27.5. The van der Waals surface area contributed by atoms with Gasteiger partial charge in [0.2, 0.25) is 5.43 Å². The van der Waals surface area contributed by atoms with Gasteiger partial charge in [-0.1, -0.05) is 51.4 Å². The number of carboxylic acids is 1. The molecular formula is C41H71Cl5FN7O8. The SMILES string of the molecule is Cl.Cl.Cl.Cl.Cl.NC[C@H]1O[C@H](O[C@H]2[C@H](OCCCCCCCCCCCCN3CCN(c4cc5c(cc4F)c(=O)c(C(=O)O)cn5C4CC4)CC3)[C@@H](O)[C@H](N)C[C@@H]2N)[C@H](N)C[C@@H]1O. The predicted octanol–water partition coefficient (Wildman–Crippen LogP) is 4.26. The van der Waals surface area contributed by atoms with Crippen molar-refractivity contribution in [3.63, 3.8) is 0 Å². The molecule has 11 N–H and O–H groups in total. The standard InChI is InChI=1S/C41H66FN7O8.5ClH/c42-28-19-26-32(49(25-11-12-25)24-27(36(26)51)40(53)54)22-33(28)48-16-14-47(15-17-48)13-9-7-5-3-1-2-4-6-8-10-18-55-39-37(52)29(44)20-30(45)38(39)57-41-31(46)21-34(50)35(23-43)56-41;;;;;/h19,22,24-25,29-31,34-35,37-39,41,50,52H,1-18,20-21,23,43-46H2,(H,53,54);5*1H/t29-,30+,31-,34+,35-,37+,38-,39-,41-;;;;;/m1...../s1. The van der Waals surface area contributed by atoms with Crippen LogP contribution in [-0.4, -0.2) is 132 Å². The number of hydrogen-bond donors (Lipinski definition) is 7. The van der Waals surface area contributed by atoms with Crippen molar-refractivity contribution in [1.82, 2.24) is 9.47 Å². The van der Waals surface area contributed by atoms with Crippen LogP contribution < -0.4 is 33.3 Å². The number of anilines is 1. The van der Waals surface area contributed by atoms with Gasteiger partial charge in [0.1, 0.15) is 23.6 Å². The van der Waals surface area contributed by atoms with E-state index < -0.39 is 72.2 Å². The van der Waals surface area contributed by atoms with Crippen LogP contribution in [0.3, 0.4) is 0 Å². The summed E-state index contributed by atoms with van der Waals surface area (Å²) in [5, 5.41) is 30.7. The van der Waals surface area contributed by atoms with Crippen molar-refractivity contribution in [3.05, 3.63) is 39.9 Å². The molecule has 0 amide bonds. The molecule has 360 valence electrons. The van der Waals surface area contributed by atoms with E-state index >= 15 is 4.39 Å². The molecule has 0 unspecified atom stereocenters. The fourth-order valence-electron chi connectivity index (χ4n) is 8.74. The number of halogens is 6. The van der Waals surface area contributed by atoms with Gasteiger partial charge in [-0.05, 0) is 57.2 Å². The summed E-state index contributed by atoms with van der Waals surface area (Å²) in [5.41, 5.74) is 24.7. The van der Waals surface area contributed by atoms with Crippen LogP contribution in [0, 0.1) is 5.82 Å². The number of carbonyl (C=O) groups is 1. The van der Waals surface area contributed by atoms with E-state index in [2.05, 4.69) is 4.90 Å². The third-order valence-electron chi connectivity index (χ3n) is 12.4. The van der Waals surface area contributed by atoms with Crippen LogP contribution in [0.1, 0.15) is 106 Å². The first-order valence-electron chi connectivity index (χ1n) is 21.3. The Kier molecular flexibility index (Phi) is 26.5. The number of piperazine rings is 1. The highest BCUT2D eigenvalue weighted by Crippen LogP contribution is 2.38. The van der Waals surface area contributed by atoms with Gasteiger partial charge in [0.25, 0.3) is 0 Å². The minimum atomic E-state index is -1.29. The Hall–Kier alpha value is -1.32. The van der Waals surface area contributed by atoms with Crippen LogP contribution in [0.4, 0.5) is 10.1 Å². The topological polar surface area (TPSA) is 238 Å². The maximum absolute atomic E-state index is 15.3. The maximum Gasteiger partial charge on any atom is 0.341 e. The molecule has 15 nitrogen and oxygen atoms in total. The number of nitrogens with two attached hydrogens (primary N) is 4. The number of hydrogen-bond acceptors (Lipinski definition) is 13. The lowest BCUT2D eigenvalue weighted by atomic mass is 9.84. The zero-order chi connectivity index (χ0) is 40.6. The number of carboxylic acid groups (broad SMARTS) is 1. The molecule has 2 aliphatic heterocycles. The van der Waals surface area contributed by atoms with Crippen LogP contribution in [0.5, 0.6) is 0 Å². The van der Waals surface area contributed by atoms with Gasteiger partial charge >= 0.3 is 5.97 Å². The predicted molar refractivity (Wildman–Crippen MR) is 252 cm³/mol. The van der Waals surface area contributed by atoms with Crippen molar-refractivity contribution >= 4 is 84.6 Å². The molecule has 2 aromatic rings. The number of aliphatic hydroxyl groups is 2. The number of nitrogens with zero attached hydrogens (tertiary/aromatic N) is 3. The van der Waals surface area contributed by atoms with Crippen molar-refractivity contribution < 1.29 is 38.7 Å². The number of aliphatic hydroxyl groups excluding tert-OH is 2. The Morgan fingerprint density at radius 3 is 1.98 bits per heavy atom. The summed E-state index contributed by atoms with van der Waals surface area (Å²) >= 11 is 0. The summed E-state index contributed by atoms with van der Waals surface area (Å²) in [6.45, 7) is 4.70. The number of aromatic nitrogens is 1. The number of aromatic carboxylic acids is 1. The molecule has 1 aromatic carbocycles. The molecular weight excluding hydrogens is 915 g/mol. The van der Waals surface area contributed by atoms with E-state index in [4.69, 9.17) is 37.1 Å². The summed E-state index contributed by atoms with van der Waals surface area (Å²) in [6, 6.07) is 1.56. The zero-order valence-corrected chi connectivity index (χ0v) is 39.4. The third kappa shape index (κ3) is 15.1. The largest absolute Gasteiger partial charge is 0.477 e. The number of pyridine rings is 1. The molecule has 9 atom stereocenters. The van der Waals surface area contributed by atoms with E-state index in [-0.39, 0.29) is 92.0 Å². The highest BCUT2D eigenvalue weighted by Gasteiger charge is 2.46. The second kappa shape index (κ2) is 28.0. The summed E-state index contributed by atoms with van der Waals surface area (Å²) in [7, 11) is 0. The Labute approximate surface area is 395 Å². The van der Waals surface area contributed by atoms with Crippen molar-refractivity contribution in [3.8, 4) is 0 Å². The average molecular weight is 986 g/mol. The molecule has 4 aliphatic rings. The van der Waals surface area contributed by atoms with Gasteiger partial charge in [0.05, 0.1) is 35.6 Å². The Bertz CT molecular complexity index is 1700. The van der Waals surface area contributed by atoms with E-state index in [9.17, 15) is 24.9 Å². The zero-order valence-electron chi connectivity index (χ0n) is 35.3. The van der Waals surface area contributed by atoms with Crippen molar-refractivity contribution in [2.45, 2.75) is 151 Å². The van der Waals surface area contributed by atoms with Crippen LogP contribution in [-0.2, 0) is 14.2 Å². The maximum atomic E-state index is 15.3. The molecule has 0 bridgehead atoms. The highest BCUT2D eigenvalue weighted by molar-refractivity contribution is 5.93. The lowest BCUT2D eigenvalue weighted by Crippen LogP contribution is -2.65. The quantitative estimate of drug-likeness (QED) is 0.0919. The van der Waals surface area contributed by atoms with Crippen LogP contribution >= 0.6 is 62.0 Å². The summed E-state index contributed by atoms with van der Waals surface area (Å²) < 4.78 is 35.4. The number of ether oxygens (including phenoxy) is 3. The molecule has 6 rings (SSSR count). The molecule has 2 saturated heterocycles. The van der Waals surface area contributed by atoms with Gasteiger partial charge in [-0.25, -0.2) is 9.18 Å². The van der Waals surface area contributed by atoms with E-state index in [0.717, 1.165) is 58.2 Å². The first-order chi connectivity index (χ1) is 27.5. The van der Waals surface area contributed by atoms with Gasteiger partial charge in [0.15, 0.2) is 6.29 Å². The Morgan fingerprint density at radius 1 is 0.806 bits per heavy atom. The minimum absolute atomic E-state index is 0. The second-order valence-electron chi connectivity index (χ2n) is 16.7. The third-order valence-corrected chi connectivity index (χ3v) is 12.4. The lowest BCUT2D eigenvalue weighted by molar-refractivity contribution is -0.272. The van der Waals surface area contributed by atoms with E-state index in [0.29, 0.717) is 37.3 Å². The van der Waals surface area contributed by atoms with Gasteiger partial charge in [-0.2, -0.15) is 0 Å². The molecule has 0 radical (unpaired) electrons. The molecule has 62 heavy (non-hydrogen) atoms. The molecule has 1 aromatic heterocycles. The highest BCUT2D eigenvalue weighted by atomic mass is 35.5. The Morgan fingerprint density at radius 2 is 1.40 bits per heavy atom. The summed E-state index contributed by atoms with van der Waals surface area (Å²) in [5.74, 6) is -1.77. The van der Waals surface area contributed by atoms with E-state index in [1.54, 1.807) is 6.07 Å². The molecule has 4 fully saturated rings. The average Bonchev–Trinajstić information content (AvgIpc) is 4.03. The van der Waals surface area contributed by atoms with E-state index in [1.165, 1.54) is 50.8 Å². The minimum Gasteiger partial charge on any atom is -0.477 e. The molecule has 3 heterocycles. The van der Waals surface area contributed by atoms with Crippen LogP contribution in [0.2, 0.25) is 0 Å². The molecule has 2 saturated carbocycles. The first-order valence-corrected chi connectivity index (χ1v) is 21.3. The number of fused-ring (bicyclic) bond motifs is 1. The first kappa shape index (κ1) is 58.7. The van der Waals surface area contributed by atoms with Crippen molar-refractivity contribution in [2.24, 2.45) is 22.9 Å². The van der Waals surface area contributed by atoms with Crippen molar-refractivity contribution in [2.75, 3.05) is 50.8 Å². The van der Waals surface area contributed by atoms with Gasteiger partial charge < -0.3 is 61.9 Å². The number of benzene rings is 1. The van der Waals surface area contributed by atoms with Crippen molar-refractivity contribution in [1.29, 1.82) is 0 Å².